The van der Waals surface area contributed by atoms with Crippen LogP contribution in [0.25, 0.3) is 0 Å². The Kier molecular flexibility index (Phi) is 5.01. The largest absolute Gasteiger partial charge is 0.496 e. The van der Waals surface area contributed by atoms with Crippen LogP contribution in [0, 0.1) is 5.92 Å². The van der Waals surface area contributed by atoms with Gasteiger partial charge in [0.25, 0.3) is 0 Å². The van der Waals surface area contributed by atoms with E-state index in [9.17, 15) is 4.79 Å². The minimum Gasteiger partial charge on any atom is -0.496 e. The highest BCUT2D eigenvalue weighted by Gasteiger charge is 2.28. The number of carboxylic acid groups (broad SMARTS) is 1. The molecule has 0 saturated heterocycles. The molecule has 20 heavy (non-hydrogen) atoms. The second-order valence-corrected chi connectivity index (χ2v) is 5.63. The molecule has 110 valence electrons. The van der Waals surface area contributed by atoms with Crippen LogP contribution in [0.15, 0.2) is 24.3 Å². The van der Waals surface area contributed by atoms with Gasteiger partial charge in [-0.25, -0.2) is 0 Å². The summed E-state index contributed by atoms with van der Waals surface area (Å²) in [5.41, 5.74) is 1.13. The van der Waals surface area contributed by atoms with Crippen molar-refractivity contribution in [1.29, 1.82) is 0 Å². The van der Waals surface area contributed by atoms with Gasteiger partial charge in [0.15, 0.2) is 0 Å². The Hall–Kier alpha value is -1.55. The molecular formula is C16H23NO3. The van der Waals surface area contributed by atoms with E-state index in [0.29, 0.717) is 5.92 Å². The van der Waals surface area contributed by atoms with Crippen molar-refractivity contribution in [3.8, 4) is 5.75 Å². The van der Waals surface area contributed by atoms with E-state index in [4.69, 9.17) is 9.84 Å². The Morgan fingerprint density at radius 1 is 1.45 bits per heavy atom. The van der Waals surface area contributed by atoms with Gasteiger partial charge in [0.1, 0.15) is 5.75 Å². The number of carbonyl (C=O) groups is 1. The van der Waals surface area contributed by atoms with Crippen molar-refractivity contribution in [3.05, 3.63) is 29.8 Å². The summed E-state index contributed by atoms with van der Waals surface area (Å²) in [5.74, 6) is 0.813. The first kappa shape index (κ1) is 14.9. The number of nitrogens with zero attached hydrogens (tertiary/aromatic N) is 1. The van der Waals surface area contributed by atoms with Crippen LogP contribution in [0.4, 0.5) is 0 Å². The molecule has 0 spiro atoms. The summed E-state index contributed by atoms with van der Waals surface area (Å²) in [5, 5.41) is 9.07. The van der Waals surface area contributed by atoms with Crippen LogP contribution >= 0.6 is 0 Å². The van der Waals surface area contributed by atoms with Crippen molar-refractivity contribution in [1.82, 2.24) is 4.90 Å². The Balaban J connectivity index is 2.02. The maximum Gasteiger partial charge on any atom is 0.317 e. The molecule has 4 nitrogen and oxygen atoms in total. The minimum atomic E-state index is -0.752. The fourth-order valence-corrected chi connectivity index (χ4v) is 2.53. The van der Waals surface area contributed by atoms with E-state index in [1.807, 2.05) is 24.3 Å². The SMILES string of the molecule is COc1ccccc1CC(C)N(CC(=O)O)CC1CC1. The summed E-state index contributed by atoms with van der Waals surface area (Å²) in [7, 11) is 1.67. The van der Waals surface area contributed by atoms with Gasteiger partial charge in [0, 0.05) is 12.6 Å². The van der Waals surface area contributed by atoms with Crippen LogP contribution < -0.4 is 4.74 Å². The molecule has 1 aromatic carbocycles. The first-order valence-corrected chi connectivity index (χ1v) is 7.18. The molecule has 1 saturated carbocycles. The van der Waals surface area contributed by atoms with Crippen molar-refractivity contribution >= 4 is 5.97 Å². The number of methoxy groups -OCH3 is 1. The fraction of sp³-hybridized carbons (Fsp3) is 0.562. The standard InChI is InChI=1S/C16H23NO3/c1-12(9-14-5-3-4-6-15(14)20-2)17(11-16(18)19)10-13-7-8-13/h3-6,12-13H,7-11H2,1-2H3,(H,18,19). The number of carboxylic acids is 1. The fourth-order valence-electron chi connectivity index (χ4n) is 2.53. The molecule has 1 atom stereocenters. The van der Waals surface area contributed by atoms with Crippen LogP contribution in [0.1, 0.15) is 25.3 Å². The zero-order valence-corrected chi connectivity index (χ0v) is 12.2. The lowest BCUT2D eigenvalue weighted by Gasteiger charge is -2.28. The van der Waals surface area contributed by atoms with Gasteiger partial charge in [-0.05, 0) is 43.7 Å². The Morgan fingerprint density at radius 3 is 2.75 bits per heavy atom. The molecule has 1 aromatic rings. The third-order valence-corrected chi connectivity index (χ3v) is 3.86. The van der Waals surface area contributed by atoms with Crippen LogP contribution in [0.5, 0.6) is 5.75 Å². The molecule has 4 heteroatoms. The van der Waals surface area contributed by atoms with Gasteiger partial charge >= 0.3 is 5.97 Å². The third-order valence-electron chi connectivity index (χ3n) is 3.86. The molecule has 0 bridgehead atoms. The number of hydrogen-bond acceptors (Lipinski definition) is 3. The van der Waals surface area contributed by atoms with E-state index in [-0.39, 0.29) is 12.6 Å². The highest BCUT2D eigenvalue weighted by atomic mass is 16.5. The van der Waals surface area contributed by atoms with Crippen molar-refractivity contribution in [2.45, 2.75) is 32.2 Å². The summed E-state index contributed by atoms with van der Waals surface area (Å²) >= 11 is 0. The lowest BCUT2D eigenvalue weighted by Crippen LogP contribution is -2.40. The average molecular weight is 277 g/mol. The summed E-state index contributed by atoms with van der Waals surface area (Å²) in [6.45, 7) is 3.10. The maximum atomic E-state index is 11.0. The number of para-hydroxylation sites is 1. The van der Waals surface area contributed by atoms with E-state index < -0.39 is 5.97 Å². The van der Waals surface area contributed by atoms with Crippen molar-refractivity contribution in [3.63, 3.8) is 0 Å². The summed E-state index contributed by atoms with van der Waals surface area (Å²) in [6.07, 6.45) is 3.28. The monoisotopic (exact) mass is 277 g/mol. The Bertz CT molecular complexity index is 457. The predicted octanol–water partition coefficient (Wildman–Crippen LogP) is 2.42. The van der Waals surface area contributed by atoms with E-state index in [1.165, 1.54) is 12.8 Å². The van der Waals surface area contributed by atoms with E-state index in [1.54, 1.807) is 7.11 Å². The molecule has 1 aliphatic carbocycles. The number of benzene rings is 1. The molecule has 0 aromatic heterocycles. The number of rotatable bonds is 8. The molecule has 1 N–H and O–H groups in total. The van der Waals surface area contributed by atoms with Crippen molar-refractivity contribution in [2.75, 3.05) is 20.2 Å². The number of aliphatic carboxylic acids is 1. The Labute approximate surface area is 120 Å². The number of ether oxygens (including phenoxy) is 1. The molecule has 1 aliphatic rings. The lowest BCUT2D eigenvalue weighted by molar-refractivity contribution is -0.138. The van der Waals surface area contributed by atoms with Gasteiger partial charge in [-0.1, -0.05) is 18.2 Å². The van der Waals surface area contributed by atoms with Gasteiger partial charge in [0.05, 0.1) is 13.7 Å². The molecule has 0 heterocycles. The normalized spacial score (nSPS) is 16.1. The first-order valence-electron chi connectivity index (χ1n) is 7.18. The predicted molar refractivity (Wildman–Crippen MR) is 78.1 cm³/mol. The molecule has 0 aliphatic heterocycles. The van der Waals surface area contributed by atoms with Crippen molar-refractivity contribution in [2.24, 2.45) is 5.92 Å². The first-order chi connectivity index (χ1) is 9.60. The summed E-state index contributed by atoms with van der Waals surface area (Å²) in [6, 6.07) is 8.14. The van der Waals surface area contributed by atoms with Crippen LogP contribution in [0.2, 0.25) is 0 Å². The lowest BCUT2D eigenvalue weighted by atomic mass is 10.0. The molecule has 0 radical (unpaired) electrons. The molecule has 1 fully saturated rings. The minimum absolute atomic E-state index is 0.118. The number of hydrogen-bond donors (Lipinski definition) is 1. The van der Waals surface area contributed by atoms with Crippen LogP contribution in [-0.4, -0.2) is 42.2 Å². The van der Waals surface area contributed by atoms with Gasteiger partial charge in [0.2, 0.25) is 0 Å². The molecule has 2 rings (SSSR count). The summed E-state index contributed by atoms with van der Waals surface area (Å²) in [4.78, 5) is 13.1. The maximum absolute atomic E-state index is 11.0. The smallest absolute Gasteiger partial charge is 0.317 e. The second kappa shape index (κ2) is 6.75. The Morgan fingerprint density at radius 2 is 2.15 bits per heavy atom. The topological polar surface area (TPSA) is 49.8 Å². The highest BCUT2D eigenvalue weighted by Crippen LogP contribution is 2.31. The van der Waals surface area contributed by atoms with Crippen molar-refractivity contribution < 1.29 is 14.6 Å². The summed E-state index contributed by atoms with van der Waals surface area (Å²) < 4.78 is 5.37. The van der Waals surface area contributed by atoms with Gasteiger partial charge in [-0.3, -0.25) is 9.69 Å². The van der Waals surface area contributed by atoms with Gasteiger partial charge in [-0.2, -0.15) is 0 Å². The van der Waals surface area contributed by atoms with Crippen LogP contribution in [-0.2, 0) is 11.2 Å². The molecule has 1 unspecified atom stereocenters. The van der Waals surface area contributed by atoms with Gasteiger partial charge in [-0.15, -0.1) is 0 Å². The zero-order chi connectivity index (χ0) is 14.5. The van der Waals surface area contributed by atoms with E-state index in [2.05, 4.69) is 11.8 Å². The third kappa shape index (κ3) is 4.23. The average Bonchev–Trinajstić information content (AvgIpc) is 3.22. The second-order valence-electron chi connectivity index (χ2n) is 5.63. The zero-order valence-electron chi connectivity index (χ0n) is 12.2. The van der Waals surface area contributed by atoms with Crippen LogP contribution in [0.3, 0.4) is 0 Å². The van der Waals surface area contributed by atoms with E-state index >= 15 is 0 Å². The molecule has 0 amide bonds. The molecular weight excluding hydrogens is 254 g/mol. The quantitative estimate of drug-likeness (QED) is 0.793. The highest BCUT2D eigenvalue weighted by molar-refractivity contribution is 5.69. The van der Waals surface area contributed by atoms with Gasteiger partial charge < -0.3 is 9.84 Å². The van der Waals surface area contributed by atoms with E-state index in [0.717, 1.165) is 24.3 Å².